The van der Waals surface area contributed by atoms with Gasteiger partial charge in [-0.05, 0) is 29.8 Å². The van der Waals surface area contributed by atoms with E-state index in [0.29, 0.717) is 21.2 Å². The molecule has 2 aromatic carbocycles. The van der Waals surface area contributed by atoms with Gasteiger partial charge in [0.1, 0.15) is 11.3 Å². The van der Waals surface area contributed by atoms with Crippen LogP contribution in [-0.2, 0) is 4.79 Å². The number of benzene rings is 2. The van der Waals surface area contributed by atoms with E-state index in [1.54, 1.807) is 24.3 Å². The number of fused-ring (bicyclic) bond motifs is 1. The van der Waals surface area contributed by atoms with Gasteiger partial charge >= 0.3 is 5.97 Å². The molecule has 0 aliphatic carbocycles. The molecule has 0 unspecified atom stereocenters. The first-order chi connectivity index (χ1) is 14.0. The van der Waals surface area contributed by atoms with E-state index in [2.05, 4.69) is 10.5 Å². The van der Waals surface area contributed by atoms with E-state index in [1.807, 2.05) is 24.3 Å². The van der Waals surface area contributed by atoms with Crippen molar-refractivity contribution in [2.45, 2.75) is 6.42 Å². The van der Waals surface area contributed by atoms with Gasteiger partial charge in [-0.15, -0.1) is 11.3 Å². The van der Waals surface area contributed by atoms with Crippen molar-refractivity contribution in [3.05, 3.63) is 57.9 Å². The summed E-state index contributed by atoms with van der Waals surface area (Å²) in [5.41, 5.74) is 2.82. The predicted molar refractivity (Wildman–Crippen MR) is 111 cm³/mol. The molecule has 0 atom stereocenters. The number of thiophene rings is 1. The molecule has 0 radical (unpaired) electrons. The van der Waals surface area contributed by atoms with Crippen molar-refractivity contribution in [3.8, 4) is 17.6 Å². The van der Waals surface area contributed by atoms with Crippen LogP contribution in [0.2, 0.25) is 5.02 Å². The van der Waals surface area contributed by atoms with Crippen LogP contribution in [-0.4, -0.2) is 25.2 Å². The molecule has 0 saturated carbocycles. The van der Waals surface area contributed by atoms with E-state index in [0.717, 1.165) is 10.1 Å². The lowest BCUT2D eigenvalue weighted by Gasteiger charge is -2.09. The number of amides is 1. The number of nitrogens with one attached hydrogen (secondary N) is 1. The lowest BCUT2D eigenvalue weighted by molar-refractivity contribution is -0.120. The third-order valence-corrected chi connectivity index (χ3v) is 5.41. The number of nitriles is 1. The molecule has 0 aliphatic rings. The number of esters is 1. The van der Waals surface area contributed by atoms with E-state index >= 15 is 0 Å². The topological polar surface area (TPSA) is 101 Å². The van der Waals surface area contributed by atoms with Crippen molar-refractivity contribution in [3.63, 3.8) is 0 Å². The molecule has 0 spiro atoms. The molecule has 1 aromatic heterocycles. The number of ether oxygens (including phenoxy) is 2. The summed E-state index contributed by atoms with van der Waals surface area (Å²) in [6.45, 7) is 0. The first kappa shape index (κ1) is 20.3. The first-order valence-electron chi connectivity index (χ1n) is 8.29. The van der Waals surface area contributed by atoms with Gasteiger partial charge in [0, 0.05) is 10.1 Å². The third-order valence-electron chi connectivity index (χ3n) is 3.75. The number of halogens is 1. The van der Waals surface area contributed by atoms with Crippen LogP contribution in [0, 0.1) is 11.3 Å². The molecule has 29 heavy (non-hydrogen) atoms. The van der Waals surface area contributed by atoms with Gasteiger partial charge in [-0.2, -0.15) is 10.4 Å². The van der Waals surface area contributed by atoms with E-state index in [4.69, 9.17) is 26.3 Å². The molecular formula is C20H14ClN3O4S. The Balaban J connectivity index is 1.77. The highest BCUT2D eigenvalue weighted by Crippen LogP contribution is 2.36. The van der Waals surface area contributed by atoms with Crippen LogP contribution in [0.15, 0.2) is 47.6 Å². The molecule has 1 heterocycles. The molecule has 9 heteroatoms. The Morgan fingerprint density at radius 3 is 2.79 bits per heavy atom. The highest BCUT2D eigenvalue weighted by molar-refractivity contribution is 7.21. The van der Waals surface area contributed by atoms with E-state index in [9.17, 15) is 9.59 Å². The van der Waals surface area contributed by atoms with Crippen LogP contribution in [0.1, 0.15) is 21.7 Å². The second-order valence-electron chi connectivity index (χ2n) is 5.67. The summed E-state index contributed by atoms with van der Waals surface area (Å²) < 4.78 is 11.6. The molecule has 7 nitrogen and oxygen atoms in total. The fourth-order valence-corrected chi connectivity index (χ4v) is 3.82. The number of hydrogen-bond acceptors (Lipinski definition) is 7. The zero-order valence-corrected chi connectivity index (χ0v) is 16.7. The minimum Gasteiger partial charge on any atom is -0.493 e. The number of methoxy groups -OCH3 is 1. The zero-order chi connectivity index (χ0) is 20.8. The van der Waals surface area contributed by atoms with Gasteiger partial charge in [-0.25, -0.2) is 10.2 Å². The van der Waals surface area contributed by atoms with Crippen LogP contribution in [0.5, 0.6) is 11.5 Å². The van der Waals surface area contributed by atoms with Crippen molar-refractivity contribution >= 4 is 51.1 Å². The lowest BCUT2D eigenvalue weighted by Crippen LogP contribution is -2.16. The molecular weight excluding hydrogens is 414 g/mol. The summed E-state index contributed by atoms with van der Waals surface area (Å²) in [5.74, 6) is -0.569. The largest absolute Gasteiger partial charge is 0.493 e. The molecule has 3 rings (SSSR count). The zero-order valence-electron chi connectivity index (χ0n) is 15.1. The molecule has 0 aliphatic heterocycles. The smallest absolute Gasteiger partial charge is 0.355 e. The van der Waals surface area contributed by atoms with E-state index in [1.165, 1.54) is 24.7 Å². The van der Waals surface area contributed by atoms with Gasteiger partial charge in [0.25, 0.3) is 5.91 Å². The lowest BCUT2D eigenvalue weighted by atomic mass is 10.2. The summed E-state index contributed by atoms with van der Waals surface area (Å²) in [6.07, 6.45) is 1.10. The Morgan fingerprint density at radius 1 is 1.28 bits per heavy atom. The Bertz CT molecular complexity index is 1150. The van der Waals surface area contributed by atoms with Gasteiger partial charge in [-0.1, -0.05) is 29.8 Å². The molecule has 1 amide bonds. The monoisotopic (exact) mass is 427 g/mol. The van der Waals surface area contributed by atoms with E-state index in [-0.39, 0.29) is 12.2 Å². The maximum atomic E-state index is 12.6. The van der Waals surface area contributed by atoms with Gasteiger partial charge in [-0.3, -0.25) is 4.79 Å². The second kappa shape index (κ2) is 9.19. The summed E-state index contributed by atoms with van der Waals surface area (Å²) in [4.78, 5) is 24.1. The summed E-state index contributed by atoms with van der Waals surface area (Å²) in [5, 5.41) is 13.3. The fraction of sp³-hybridized carbons (Fsp3) is 0.100. The minimum absolute atomic E-state index is 0.219. The first-order valence-corrected chi connectivity index (χ1v) is 9.49. The standard InChI is InChI=1S/C20H14ClN3O4S/c1-27-15-10-12(11-23-24-17(25)8-9-22)6-7-14(15)28-20(26)19-18(21)13-4-2-3-5-16(13)29-19/h2-7,10-11H,8H2,1H3,(H,24,25). The van der Waals surface area contributed by atoms with Crippen LogP contribution in [0.25, 0.3) is 10.1 Å². The number of hydrazone groups is 1. The van der Waals surface area contributed by atoms with Gasteiger partial charge in [0.15, 0.2) is 11.5 Å². The van der Waals surface area contributed by atoms with Crippen molar-refractivity contribution in [1.29, 1.82) is 5.26 Å². The summed E-state index contributed by atoms with van der Waals surface area (Å²) in [7, 11) is 1.44. The molecule has 0 saturated heterocycles. The molecule has 0 fully saturated rings. The van der Waals surface area contributed by atoms with Gasteiger partial charge in [0.2, 0.25) is 0 Å². The van der Waals surface area contributed by atoms with Crippen molar-refractivity contribution in [1.82, 2.24) is 5.43 Å². The Kier molecular flexibility index (Phi) is 6.44. The van der Waals surface area contributed by atoms with Crippen molar-refractivity contribution in [2.24, 2.45) is 5.10 Å². The number of rotatable bonds is 6. The maximum absolute atomic E-state index is 12.6. The van der Waals surface area contributed by atoms with Crippen molar-refractivity contribution in [2.75, 3.05) is 7.11 Å². The SMILES string of the molecule is COc1cc(C=NNC(=O)CC#N)ccc1OC(=O)c1sc2ccccc2c1Cl. The third kappa shape index (κ3) is 4.71. The average Bonchev–Trinajstić information content (AvgIpc) is 3.06. The normalized spacial score (nSPS) is 10.7. The Labute approximate surface area is 175 Å². The minimum atomic E-state index is -0.584. The molecule has 0 bridgehead atoms. The molecule has 146 valence electrons. The van der Waals surface area contributed by atoms with E-state index < -0.39 is 11.9 Å². The summed E-state index contributed by atoms with van der Waals surface area (Å²) >= 11 is 7.58. The average molecular weight is 428 g/mol. The summed E-state index contributed by atoms with van der Waals surface area (Å²) in [6, 6.07) is 13.9. The van der Waals surface area contributed by atoms with Gasteiger partial charge < -0.3 is 9.47 Å². The van der Waals surface area contributed by atoms with Gasteiger partial charge in [0.05, 0.1) is 24.4 Å². The highest BCUT2D eigenvalue weighted by Gasteiger charge is 2.20. The number of carbonyl (C=O) groups excluding carboxylic acids is 2. The quantitative estimate of drug-likeness (QED) is 0.275. The predicted octanol–water partition coefficient (Wildman–Crippen LogP) is 4.15. The Hall–Kier alpha value is -3.41. The maximum Gasteiger partial charge on any atom is 0.355 e. The van der Waals surface area contributed by atoms with Crippen LogP contribution in [0.3, 0.4) is 0 Å². The van der Waals surface area contributed by atoms with Crippen LogP contribution < -0.4 is 14.9 Å². The van der Waals surface area contributed by atoms with Crippen LogP contribution in [0.4, 0.5) is 0 Å². The Morgan fingerprint density at radius 2 is 2.07 bits per heavy atom. The second-order valence-corrected chi connectivity index (χ2v) is 7.10. The molecule has 1 N–H and O–H groups in total. The fourth-order valence-electron chi connectivity index (χ4n) is 2.43. The van der Waals surface area contributed by atoms with Crippen molar-refractivity contribution < 1.29 is 19.1 Å². The van der Waals surface area contributed by atoms with Crippen LogP contribution >= 0.6 is 22.9 Å². The number of nitrogens with zero attached hydrogens (tertiary/aromatic N) is 2. The molecule has 3 aromatic rings. The number of carbonyl (C=O) groups is 2. The number of hydrogen-bond donors (Lipinski definition) is 1. The highest BCUT2D eigenvalue weighted by atomic mass is 35.5.